The normalized spacial score (nSPS) is 25.8. The van der Waals surface area contributed by atoms with Crippen LogP contribution in [0.1, 0.15) is 94.6 Å². The number of nitrogens with two attached hydrogens (primary N) is 1. The van der Waals surface area contributed by atoms with Gasteiger partial charge in [0.15, 0.2) is 5.96 Å². The Hall–Kier alpha value is -1.55. The number of halogens is 1. The molecule has 1 amide bonds. The molecule has 0 saturated heterocycles. The van der Waals surface area contributed by atoms with Gasteiger partial charge in [0.25, 0.3) is 5.91 Å². The third-order valence-electron chi connectivity index (χ3n) is 7.92. The number of rotatable bonds is 7. The lowest BCUT2D eigenvalue weighted by atomic mass is 9.75. The van der Waals surface area contributed by atoms with Gasteiger partial charge in [-0.15, -0.1) is 0 Å². The molecule has 2 fully saturated rings. The van der Waals surface area contributed by atoms with Crippen molar-refractivity contribution < 1.29 is 4.79 Å². The van der Waals surface area contributed by atoms with Gasteiger partial charge in [0.05, 0.1) is 6.54 Å². The summed E-state index contributed by atoms with van der Waals surface area (Å²) in [5.74, 6) is 1.87. The highest BCUT2D eigenvalue weighted by Crippen LogP contribution is 2.41. The monoisotopic (exact) mass is 443 g/mol. The number of carbonyl (C=O) groups is 1. The Labute approximate surface area is 192 Å². The number of hydrogen-bond donors (Lipinski definition) is 1. The molecule has 1 aromatic carbocycles. The van der Waals surface area contributed by atoms with Crippen molar-refractivity contribution in [2.24, 2.45) is 22.6 Å². The van der Waals surface area contributed by atoms with Crippen LogP contribution in [-0.4, -0.2) is 22.3 Å². The van der Waals surface area contributed by atoms with E-state index in [9.17, 15) is 4.79 Å². The minimum absolute atomic E-state index is 0.126. The maximum absolute atomic E-state index is 13.9. The van der Waals surface area contributed by atoms with Gasteiger partial charge in [0.2, 0.25) is 0 Å². The smallest absolute Gasteiger partial charge is 0.257 e. The van der Waals surface area contributed by atoms with Gasteiger partial charge in [0.1, 0.15) is 5.54 Å². The van der Waals surface area contributed by atoms with Crippen molar-refractivity contribution in [3.63, 3.8) is 0 Å². The molecule has 1 heterocycles. The second-order valence-electron chi connectivity index (χ2n) is 10.2. The minimum atomic E-state index is -0.649. The Morgan fingerprint density at radius 2 is 1.71 bits per heavy atom. The summed E-state index contributed by atoms with van der Waals surface area (Å²) in [6.07, 6.45) is 15.8. The van der Waals surface area contributed by atoms with Crippen LogP contribution in [0.3, 0.4) is 0 Å². The second kappa shape index (κ2) is 9.94. The first-order chi connectivity index (χ1) is 15.0. The molecular formula is C26H38ClN3O. The van der Waals surface area contributed by atoms with Gasteiger partial charge in [-0.2, -0.15) is 0 Å². The summed E-state index contributed by atoms with van der Waals surface area (Å²) in [7, 11) is 0. The number of carbonyl (C=O) groups excluding carboxylic acids is 1. The molecule has 0 bridgehead atoms. The van der Waals surface area contributed by atoms with Crippen molar-refractivity contribution in [2.45, 2.75) is 102 Å². The van der Waals surface area contributed by atoms with E-state index in [1.807, 2.05) is 25.1 Å². The van der Waals surface area contributed by atoms with Gasteiger partial charge < -0.3 is 5.73 Å². The molecule has 5 heteroatoms. The van der Waals surface area contributed by atoms with Crippen LogP contribution < -0.4 is 5.73 Å². The Kier molecular flexibility index (Phi) is 7.26. The number of guanidine groups is 1. The molecule has 0 aromatic heterocycles. The molecule has 170 valence electrons. The molecule has 4 rings (SSSR count). The molecule has 31 heavy (non-hydrogen) atoms. The first-order valence-corrected chi connectivity index (χ1v) is 12.8. The van der Waals surface area contributed by atoms with Crippen molar-refractivity contribution in [3.05, 3.63) is 34.3 Å². The average molecular weight is 444 g/mol. The van der Waals surface area contributed by atoms with E-state index in [0.717, 1.165) is 41.3 Å². The summed E-state index contributed by atoms with van der Waals surface area (Å²) in [6, 6.07) is 5.83. The van der Waals surface area contributed by atoms with Crippen LogP contribution in [0, 0.1) is 18.8 Å². The molecular weight excluding hydrogens is 406 g/mol. The van der Waals surface area contributed by atoms with Gasteiger partial charge in [-0.3, -0.25) is 9.69 Å². The van der Waals surface area contributed by atoms with E-state index in [1.165, 1.54) is 64.2 Å². The zero-order valence-corrected chi connectivity index (χ0v) is 19.8. The van der Waals surface area contributed by atoms with Crippen LogP contribution in [0.25, 0.3) is 0 Å². The zero-order valence-electron chi connectivity index (χ0n) is 19.0. The maximum Gasteiger partial charge on any atom is 0.257 e. The fourth-order valence-corrected chi connectivity index (χ4v) is 6.25. The predicted octanol–water partition coefficient (Wildman–Crippen LogP) is 6.38. The van der Waals surface area contributed by atoms with Crippen LogP contribution >= 0.6 is 11.6 Å². The lowest BCUT2D eigenvalue weighted by Gasteiger charge is -2.33. The third-order valence-corrected chi connectivity index (χ3v) is 8.16. The van der Waals surface area contributed by atoms with Crippen LogP contribution in [0.2, 0.25) is 5.02 Å². The summed E-state index contributed by atoms with van der Waals surface area (Å²) in [5, 5.41) is 0.717. The van der Waals surface area contributed by atoms with E-state index in [2.05, 4.69) is 0 Å². The predicted molar refractivity (Wildman–Crippen MR) is 128 cm³/mol. The number of benzene rings is 1. The highest BCUT2D eigenvalue weighted by atomic mass is 35.5. The van der Waals surface area contributed by atoms with Gasteiger partial charge in [-0.05, 0) is 61.3 Å². The summed E-state index contributed by atoms with van der Waals surface area (Å²) in [4.78, 5) is 20.6. The number of aliphatic imine (C=N–C) groups is 1. The van der Waals surface area contributed by atoms with E-state index in [1.54, 1.807) is 4.90 Å². The zero-order chi connectivity index (χ0) is 21.8. The fraction of sp³-hybridized carbons (Fsp3) is 0.692. The molecule has 0 radical (unpaired) electrons. The van der Waals surface area contributed by atoms with E-state index in [-0.39, 0.29) is 5.91 Å². The lowest BCUT2D eigenvalue weighted by Crippen LogP contribution is -2.45. The van der Waals surface area contributed by atoms with Crippen molar-refractivity contribution >= 4 is 23.5 Å². The second-order valence-corrected chi connectivity index (χ2v) is 10.7. The Bertz CT molecular complexity index is 811. The van der Waals surface area contributed by atoms with Crippen LogP contribution in [0.4, 0.5) is 0 Å². The summed E-state index contributed by atoms with van der Waals surface area (Å²) in [5.41, 5.74) is 7.93. The summed E-state index contributed by atoms with van der Waals surface area (Å²) >= 11 is 6.13. The first kappa shape index (κ1) is 22.6. The molecule has 0 spiro atoms. The van der Waals surface area contributed by atoms with Crippen LogP contribution in [0.5, 0.6) is 0 Å². The average Bonchev–Trinajstić information content (AvgIpc) is 3.00. The number of hydrogen-bond acceptors (Lipinski definition) is 3. The molecule has 0 unspecified atom stereocenters. The van der Waals surface area contributed by atoms with Crippen molar-refractivity contribution in [3.8, 4) is 0 Å². The minimum Gasteiger partial charge on any atom is -0.369 e. The molecule has 2 N–H and O–H groups in total. The molecule has 2 aliphatic carbocycles. The van der Waals surface area contributed by atoms with Gasteiger partial charge in [-0.25, -0.2) is 4.99 Å². The van der Waals surface area contributed by atoms with Crippen LogP contribution in [0.15, 0.2) is 23.2 Å². The molecule has 1 atom stereocenters. The van der Waals surface area contributed by atoms with Gasteiger partial charge in [0, 0.05) is 5.02 Å². The van der Waals surface area contributed by atoms with Crippen molar-refractivity contribution in [1.29, 1.82) is 0 Å². The van der Waals surface area contributed by atoms with Crippen molar-refractivity contribution in [1.82, 2.24) is 4.90 Å². The largest absolute Gasteiger partial charge is 0.369 e. The van der Waals surface area contributed by atoms with Gasteiger partial charge in [-0.1, -0.05) is 81.9 Å². The van der Waals surface area contributed by atoms with E-state index in [4.69, 9.17) is 22.3 Å². The Morgan fingerprint density at radius 1 is 1.06 bits per heavy atom. The van der Waals surface area contributed by atoms with E-state index < -0.39 is 5.54 Å². The Balaban J connectivity index is 1.53. The maximum atomic E-state index is 13.9. The fourth-order valence-electron chi connectivity index (χ4n) is 6.03. The molecule has 3 aliphatic rings. The summed E-state index contributed by atoms with van der Waals surface area (Å²) < 4.78 is 0. The standard InChI is InChI=1S/C26H38ClN3O/c1-19-16-23(27)13-12-22(19)18-30-24(31)26(29-25(30)28,17-21-10-6-3-7-11-21)15-14-20-8-4-2-5-9-20/h12-13,16,20-21H,2-11,14-15,17-18H2,1H3,(H2,28,29)/t26-/m1/s1. The SMILES string of the molecule is Cc1cc(Cl)ccc1CN1C(=O)[C@@](CCC2CCCCC2)(CC2CCCCC2)N=C1N. The van der Waals surface area contributed by atoms with E-state index in [0.29, 0.717) is 18.4 Å². The van der Waals surface area contributed by atoms with Crippen LogP contribution in [-0.2, 0) is 11.3 Å². The van der Waals surface area contributed by atoms with Gasteiger partial charge >= 0.3 is 0 Å². The summed E-state index contributed by atoms with van der Waals surface area (Å²) in [6.45, 7) is 2.51. The highest BCUT2D eigenvalue weighted by Gasteiger charge is 2.48. The quantitative estimate of drug-likeness (QED) is 0.531. The number of amides is 1. The number of aryl methyl sites for hydroxylation is 1. The first-order valence-electron chi connectivity index (χ1n) is 12.4. The highest BCUT2D eigenvalue weighted by molar-refractivity contribution is 6.30. The Morgan fingerprint density at radius 3 is 2.35 bits per heavy atom. The lowest BCUT2D eigenvalue weighted by molar-refractivity contribution is -0.132. The third kappa shape index (κ3) is 5.27. The topological polar surface area (TPSA) is 58.7 Å². The molecule has 1 aromatic rings. The van der Waals surface area contributed by atoms with Crippen molar-refractivity contribution in [2.75, 3.05) is 0 Å². The number of nitrogens with zero attached hydrogens (tertiary/aromatic N) is 2. The molecule has 1 aliphatic heterocycles. The van der Waals surface area contributed by atoms with E-state index >= 15 is 0 Å². The molecule has 2 saturated carbocycles. The molecule has 4 nitrogen and oxygen atoms in total.